The van der Waals surface area contributed by atoms with E-state index >= 15 is 0 Å². The first-order valence-corrected chi connectivity index (χ1v) is 21.2. The van der Waals surface area contributed by atoms with Crippen molar-refractivity contribution in [2.24, 2.45) is 0 Å². The third kappa shape index (κ3) is 41.8. The summed E-state index contributed by atoms with van der Waals surface area (Å²) < 4.78 is 26.3. The Morgan fingerprint density at radius 2 is 0.878 bits per heavy atom. The SMILES string of the molecule is CCCCCCCC/C=C/CCCCCCCC(=O)OCC(COP(=O)(O)O)OC(=O)CCCCCCC/C=C/CCCCCCCC.[Na]. The molecule has 0 spiro atoms. The summed E-state index contributed by atoms with van der Waals surface area (Å²) in [4.78, 5) is 42.7. The molecule has 0 rings (SSSR count). The third-order valence-corrected chi connectivity index (χ3v) is 8.93. The number of ether oxygens (including phenoxy) is 2. The summed E-state index contributed by atoms with van der Waals surface area (Å²) in [5.41, 5.74) is 0. The van der Waals surface area contributed by atoms with Gasteiger partial charge in [0.15, 0.2) is 6.10 Å². The molecular formula is C39H73NaO8P. The number of hydrogen-bond donors (Lipinski definition) is 2. The van der Waals surface area contributed by atoms with Gasteiger partial charge in [0, 0.05) is 42.4 Å². The van der Waals surface area contributed by atoms with Gasteiger partial charge in [-0.05, 0) is 64.2 Å². The molecule has 0 aromatic rings. The average molecular weight is 724 g/mol. The minimum Gasteiger partial charge on any atom is -0.462 e. The van der Waals surface area contributed by atoms with Crippen LogP contribution in [0.25, 0.3) is 0 Å². The van der Waals surface area contributed by atoms with Crippen molar-refractivity contribution in [3.63, 3.8) is 0 Å². The molecule has 1 atom stereocenters. The van der Waals surface area contributed by atoms with Crippen LogP contribution in [0.15, 0.2) is 24.3 Å². The number of esters is 2. The molecule has 8 nitrogen and oxygen atoms in total. The molecule has 1 radical (unpaired) electrons. The minimum atomic E-state index is -4.75. The van der Waals surface area contributed by atoms with E-state index in [0.29, 0.717) is 12.8 Å². The molecule has 0 saturated carbocycles. The second kappa shape index (κ2) is 38.8. The monoisotopic (exact) mass is 723 g/mol. The number of carbonyl (C=O) groups is 2. The van der Waals surface area contributed by atoms with Crippen LogP contribution >= 0.6 is 7.82 Å². The maximum Gasteiger partial charge on any atom is 0.469 e. The summed E-state index contributed by atoms with van der Waals surface area (Å²) in [5.74, 6) is -0.901. The second-order valence-electron chi connectivity index (χ2n) is 13.2. The topological polar surface area (TPSA) is 119 Å². The third-order valence-electron chi connectivity index (χ3n) is 8.44. The van der Waals surface area contributed by atoms with Crippen LogP contribution in [0, 0.1) is 0 Å². The average Bonchev–Trinajstić information content (AvgIpc) is 3.05. The summed E-state index contributed by atoms with van der Waals surface area (Å²) in [7, 11) is -4.75. The predicted octanol–water partition coefficient (Wildman–Crippen LogP) is 11.2. The second-order valence-corrected chi connectivity index (χ2v) is 14.5. The molecule has 0 aliphatic rings. The number of allylic oxidation sites excluding steroid dienone is 4. The fraction of sp³-hybridized carbons (Fsp3) is 0.846. The Bertz CT molecular complexity index is 845. The van der Waals surface area contributed by atoms with Gasteiger partial charge in [-0.15, -0.1) is 0 Å². The zero-order valence-corrected chi connectivity index (χ0v) is 34.8. The van der Waals surface area contributed by atoms with E-state index < -0.39 is 32.5 Å². The van der Waals surface area contributed by atoms with Crippen LogP contribution in [0.1, 0.15) is 194 Å². The standard InChI is InChI=1S/C39H73O8P.Na/c1-3-5-7-9-11-13-15-17-19-21-23-25-27-29-31-33-38(40)45-35-37(36-46-48(42,43)44)47-39(41)34-32-30-28-26-24-22-20-18-16-14-12-10-8-6-4-2;/h17-20,37H,3-16,21-36H2,1-2H3,(H2,42,43,44);/b19-17+,20-18+;. The molecule has 49 heavy (non-hydrogen) atoms. The quantitative estimate of drug-likeness (QED) is 0.0215. The van der Waals surface area contributed by atoms with E-state index in [9.17, 15) is 14.2 Å². The Kier molecular flexibility index (Phi) is 40.0. The largest absolute Gasteiger partial charge is 0.469 e. The number of phosphoric ester groups is 1. The summed E-state index contributed by atoms with van der Waals surface area (Å²) in [5, 5.41) is 0. The summed E-state index contributed by atoms with van der Waals surface area (Å²) in [6, 6.07) is 0. The van der Waals surface area contributed by atoms with Gasteiger partial charge in [0.25, 0.3) is 0 Å². The van der Waals surface area contributed by atoms with Crippen molar-refractivity contribution >= 4 is 49.3 Å². The molecule has 10 heteroatoms. The van der Waals surface area contributed by atoms with Gasteiger partial charge in [0.2, 0.25) is 0 Å². The van der Waals surface area contributed by atoms with E-state index in [2.05, 4.69) is 42.7 Å². The number of hydrogen-bond acceptors (Lipinski definition) is 6. The molecule has 0 bridgehead atoms. The van der Waals surface area contributed by atoms with Gasteiger partial charge in [-0.25, -0.2) is 4.57 Å². The molecule has 0 aromatic heterocycles. The van der Waals surface area contributed by atoms with E-state index in [0.717, 1.165) is 64.2 Å². The smallest absolute Gasteiger partial charge is 0.462 e. The first kappa shape index (κ1) is 50.6. The maximum absolute atomic E-state index is 12.4. The van der Waals surface area contributed by atoms with Crippen molar-refractivity contribution < 1.29 is 37.9 Å². The molecular weight excluding hydrogens is 650 g/mol. The summed E-state index contributed by atoms with van der Waals surface area (Å²) in [6.07, 6.45) is 38.9. The first-order chi connectivity index (χ1) is 23.3. The molecule has 0 saturated heterocycles. The van der Waals surface area contributed by atoms with Crippen LogP contribution in [0.5, 0.6) is 0 Å². The zero-order chi connectivity index (χ0) is 35.4. The summed E-state index contributed by atoms with van der Waals surface area (Å²) >= 11 is 0. The Hall–Kier alpha value is -0.470. The Balaban J connectivity index is 0. The van der Waals surface area contributed by atoms with Gasteiger partial charge in [-0.3, -0.25) is 14.1 Å². The molecule has 0 amide bonds. The van der Waals surface area contributed by atoms with Crippen LogP contribution in [-0.4, -0.2) is 70.6 Å². The van der Waals surface area contributed by atoms with Crippen LogP contribution in [0.3, 0.4) is 0 Å². The first-order valence-electron chi connectivity index (χ1n) is 19.6. The zero-order valence-electron chi connectivity index (χ0n) is 31.9. The van der Waals surface area contributed by atoms with Crippen LogP contribution in [0.4, 0.5) is 0 Å². The molecule has 0 aromatic carbocycles. The van der Waals surface area contributed by atoms with Crippen LogP contribution in [0.2, 0.25) is 0 Å². The van der Waals surface area contributed by atoms with Crippen molar-refractivity contribution in [2.45, 2.75) is 200 Å². The van der Waals surface area contributed by atoms with E-state index in [1.165, 1.54) is 89.9 Å². The molecule has 0 aliphatic carbocycles. The minimum absolute atomic E-state index is 0. The van der Waals surface area contributed by atoms with Crippen LogP contribution in [-0.2, 0) is 28.2 Å². The molecule has 1 unspecified atom stereocenters. The van der Waals surface area contributed by atoms with E-state index in [1.54, 1.807) is 0 Å². The molecule has 0 aliphatic heterocycles. The maximum atomic E-state index is 12.4. The van der Waals surface area contributed by atoms with E-state index in [4.69, 9.17) is 19.3 Å². The number of rotatable bonds is 36. The molecule has 0 heterocycles. The Morgan fingerprint density at radius 3 is 1.27 bits per heavy atom. The van der Waals surface area contributed by atoms with Crippen LogP contribution < -0.4 is 0 Å². The van der Waals surface area contributed by atoms with Gasteiger partial charge in [-0.1, -0.05) is 141 Å². The number of unbranched alkanes of at least 4 members (excludes halogenated alkanes) is 22. The normalized spacial score (nSPS) is 12.4. The van der Waals surface area contributed by atoms with E-state index in [-0.39, 0.29) is 49.0 Å². The molecule has 2 N–H and O–H groups in total. The molecule has 0 fully saturated rings. The van der Waals surface area contributed by atoms with Gasteiger partial charge in [0.1, 0.15) is 6.61 Å². The van der Waals surface area contributed by atoms with Crippen molar-refractivity contribution in [1.82, 2.24) is 0 Å². The Morgan fingerprint density at radius 1 is 0.531 bits per heavy atom. The van der Waals surface area contributed by atoms with Crippen molar-refractivity contribution in [1.29, 1.82) is 0 Å². The number of phosphoric acid groups is 1. The van der Waals surface area contributed by atoms with Gasteiger partial charge < -0.3 is 19.3 Å². The Labute approximate surface area is 322 Å². The van der Waals surface area contributed by atoms with Crippen molar-refractivity contribution in [2.75, 3.05) is 13.2 Å². The van der Waals surface area contributed by atoms with E-state index in [1.807, 2.05) is 0 Å². The number of carbonyl (C=O) groups excluding carboxylic acids is 2. The van der Waals surface area contributed by atoms with Gasteiger partial charge in [0.05, 0.1) is 6.61 Å². The van der Waals surface area contributed by atoms with Gasteiger partial charge >= 0.3 is 19.8 Å². The van der Waals surface area contributed by atoms with Crippen molar-refractivity contribution in [3.8, 4) is 0 Å². The van der Waals surface area contributed by atoms with Crippen molar-refractivity contribution in [3.05, 3.63) is 24.3 Å². The van der Waals surface area contributed by atoms with Gasteiger partial charge in [-0.2, -0.15) is 0 Å². The molecule has 283 valence electrons. The predicted molar refractivity (Wildman–Crippen MR) is 203 cm³/mol. The fourth-order valence-corrected chi connectivity index (χ4v) is 5.84. The summed E-state index contributed by atoms with van der Waals surface area (Å²) in [6.45, 7) is 3.66. The fourth-order valence-electron chi connectivity index (χ4n) is 5.48.